The normalized spacial score (nSPS) is 17.4. The second-order valence-corrected chi connectivity index (χ2v) is 12.8. The van der Waals surface area contributed by atoms with E-state index in [1.807, 2.05) is 66.1 Å². The number of carbonyl (C=O) groups excluding carboxylic acids is 1. The highest BCUT2D eigenvalue weighted by atomic mass is 32.1. The summed E-state index contributed by atoms with van der Waals surface area (Å²) in [7, 11) is 1.88. The molecule has 1 fully saturated rings. The first-order chi connectivity index (χ1) is 23.0. The number of urea groups is 1. The van der Waals surface area contributed by atoms with Crippen molar-refractivity contribution in [3.05, 3.63) is 94.5 Å². The number of aromatic nitrogens is 6. The minimum atomic E-state index is -0.169. The van der Waals surface area contributed by atoms with Crippen LogP contribution >= 0.6 is 11.3 Å². The summed E-state index contributed by atoms with van der Waals surface area (Å²) in [4.78, 5) is 37.4. The van der Waals surface area contributed by atoms with E-state index in [1.54, 1.807) is 34.6 Å². The number of thiazole rings is 1. The van der Waals surface area contributed by atoms with Crippen molar-refractivity contribution in [1.29, 1.82) is 5.26 Å². The lowest BCUT2D eigenvalue weighted by molar-refractivity contribution is 0.240. The zero-order chi connectivity index (χ0) is 32.2. The summed E-state index contributed by atoms with van der Waals surface area (Å²) in [5.74, 6) is 1.78. The van der Waals surface area contributed by atoms with Crippen molar-refractivity contribution in [2.24, 2.45) is 7.05 Å². The van der Waals surface area contributed by atoms with Crippen LogP contribution < -0.4 is 20.4 Å². The van der Waals surface area contributed by atoms with Gasteiger partial charge in [-0.1, -0.05) is 30.3 Å². The molecule has 13 heteroatoms. The van der Waals surface area contributed by atoms with Crippen molar-refractivity contribution in [3.8, 4) is 17.2 Å². The summed E-state index contributed by atoms with van der Waals surface area (Å²) < 4.78 is 1.76. The van der Waals surface area contributed by atoms with E-state index in [0.29, 0.717) is 36.2 Å². The molecule has 5 heterocycles. The third kappa shape index (κ3) is 6.78. The number of pyridine rings is 1. The Morgan fingerprint density at radius 3 is 2.64 bits per heavy atom. The van der Waals surface area contributed by atoms with E-state index in [2.05, 4.69) is 36.7 Å². The molecule has 2 amide bonds. The third-order valence-electron chi connectivity index (χ3n) is 8.80. The minimum Gasteiger partial charge on any atom is -0.351 e. The van der Waals surface area contributed by atoms with Crippen LogP contribution in [0.3, 0.4) is 0 Å². The summed E-state index contributed by atoms with van der Waals surface area (Å²) in [5.41, 5.74) is 6.43. The molecule has 2 aliphatic rings. The average Bonchev–Trinajstić information content (AvgIpc) is 3.77. The monoisotopic (exact) mass is 645 g/mol. The number of anilines is 3. The maximum atomic E-state index is 13.7. The number of fused-ring (bicyclic) bond motifs is 1. The van der Waals surface area contributed by atoms with Crippen LogP contribution in [0.5, 0.6) is 0 Å². The molecule has 47 heavy (non-hydrogen) atoms. The number of nitriles is 1. The molecule has 0 radical (unpaired) electrons. The second kappa shape index (κ2) is 13.6. The van der Waals surface area contributed by atoms with Crippen LogP contribution in [0.15, 0.2) is 72.8 Å². The number of hydrogen-bond donors (Lipinski definition) is 2. The summed E-state index contributed by atoms with van der Waals surface area (Å²) in [6.07, 6.45) is 11.2. The van der Waals surface area contributed by atoms with Gasteiger partial charge in [0, 0.05) is 67.0 Å². The maximum Gasteiger partial charge on any atom is 0.323 e. The Kier molecular flexibility index (Phi) is 8.75. The Morgan fingerprint density at radius 2 is 1.89 bits per heavy atom. The van der Waals surface area contributed by atoms with E-state index in [1.165, 1.54) is 4.88 Å². The first-order valence-corrected chi connectivity index (χ1v) is 16.7. The van der Waals surface area contributed by atoms with Gasteiger partial charge in [-0.3, -0.25) is 9.58 Å². The molecule has 238 valence electrons. The van der Waals surface area contributed by atoms with E-state index in [9.17, 15) is 10.1 Å². The van der Waals surface area contributed by atoms with Gasteiger partial charge in [0.15, 0.2) is 5.82 Å². The van der Waals surface area contributed by atoms with Gasteiger partial charge >= 0.3 is 6.03 Å². The predicted molar refractivity (Wildman–Crippen MR) is 181 cm³/mol. The van der Waals surface area contributed by atoms with Crippen LogP contribution in [0.2, 0.25) is 0 Å². The summed E-state index contributed by atoms with van der Waals surface area (Å²) >= 11 is 1.64. The number of nitrogens with one attached hydrogen (secondary N) is 2. The minimum absolute atomic E-state index is 0.0278. The molecule has 0 atom stereocenters. The Hall–Kier alpha value is -5.35. The number of aryl methyl sites for hydroxylation is 1. The standard InChI is InChI=1S/C34H35N11OS/c1-43-20-26(19-40-43)24-7-12-31(36-17-24)45(34(46)38-16-23-5-3-2-4-6-23)28-10-8-27(9-11-28)41-33-37-18-25(15-35)32(42-33)44-14-13-29-30(21-44)47-22-39-29/h2-7,12,17-20,22,27-28H,8-11,13-14,16,21H2,1H3,(H,38,46)(H,37,41,42). The molecule has 1 saturated carbocycles. The van der Waals surface area contributed by atoms with Crippen LogP contribution in [0.4, 0.5) is 22.4 Å². The van der Waals surface area contributed by atoms with Crippen LogP contribution in [0.1, 0.15) is 47.4 Å². The Balaban J connectivity index is 1.04. The summed E-state index contributed by atoms with van der Waals surface area (Å²) in [6, 6.07) is 16.0. The highest BCUT2D eigenvalue weighted by Crippen LogP contribution is 2.31. The van der Waals surface area contributed by atoms with E-state index >= 15 is 0 Å². The van der Waals surface area contributed by atoms with E-state index in [-0.39, 0.29) is 18.1 Å². The number of benzene rings is 1. The molecule has 0 bridgehead atoms. The van der Waals surface area contributed by atoms with Crippen LogP contribution in [0.25, 0.3) is 11.1 Å². The lowest BCUT2D eigenvalue weighted by Gasteiger charge is -2.36. The summed E-state index contributed by atoms with van der Waals surface area (Å²) in [6.45, 7) is 1.88. The van der Waals surface area contributed by atoms with Gasteiger partial charge in [0.25, 0.3) is 0 Å². The second-order valence-electron chi connectivity index (χ2n) is 11.9. The maximum absolute atomic E-state index is 13.7. The van der Waals surface area contributed by atoms with Crippen molar-refractivity contribution in [1.82, 2.24) is 35.0 Å². The average molecular weight is 646 g/mol. The fourth-order valence-electron chi connectivity index (χ4n) is 6.31. The van der Waals surface area contributed by atoms with Crippen LogP contribution in [-0.4, -0.2) is 54.4 Å². The molecule has 0 unspecified atom stereocenters. The lowest BCUT2D eigenvalue weighted by atomic mass is 9.90. The topological polar surface area (TPSA) is 141 Å². The molecule has 4 aromatic heterocycles. The van der Waals surface area contributed by atoms with Gasteiger partial charge in [0.1, 0.15) is 17.5 Å². The van der Waals surface area contributed by atoms with Gasteiger partial charge in [0.2, 0.25) is 5.95 Å². The molecule has 1 aromatic carbocycles. The van der Waals surface area contributed by atoms with Gasteiger partial charge < -0.3 is 15.5 Å². The van der Waals surface area contributed by atoms with Crippen molar-refractivity contribution >= 4 is 35.0 Å². The molecular formula is C34H35N11OS. The largest absolute Gasteiger partial charge is 0.351 e. The highest BCUT2D eigenvalue weighted by molar-refractivity contribution is 7.09. The van der Waals surface area contributed by atoms with E-state index in [0.717, 1.165) is 61.0 Å². The number of rotatable bonds is 8. The fourth-order valence-corrected chi connectivity index (χ4v) is 7.14. The zero-order valence-corrected chi connectivity index (χ0v) is 26.9. The summed E-state index contributed by atoms with van der Waals surface area (Å²) in [5, 5.41) is 20.7. The highest BCUT2D eigenvalue weighted by Gasteiger charge is 2.31. The Labute approximate surface area is 277 Å². The molecular weight excluding hydrogens is 611 g/mol. The van der Waals surface area contributed by atoms with Crippen LogP contribution in [0, 0.1) is 11.3 Å². The van der Waals surface area contributed by atoms with Crippen molar-refractivity contribution in [2.45, 2.75) is 57.3 Å². The van der Waals surface area contributed by atoms with Gasteiger partial charge in [-0.25, -0.2) is 19.7 Å². The van der Waals surface area contributed by atoms with Crippen molar-refractivity contribution in [2.75, 3.05) is 21.7 Å². The number of carbonyl (C=O) groups is 1. The molecule has 2 N–H and O–H groups in total. The van der Waals surface area contributed by atoms with Gasteiger partial charge in [0.05, 0.1) is 30.1 Å². The van der Waals surface area contributed by atoms with Gasteiger partial charge in [-0.05, 0) is 43.4 Å². The van der Waals surface area contributed by atoms with Gasteiger partial charge in [-0.2, -0.15) is 15.3 Å². The fraction of sp³-hybridized carbons (Fsp3) is 0.324. The van der Waals surface area contributed by atoms with Gasteiger partial charge in [-0.15, -0.1) is 11.3 Å². The number of hydrogen-bond acceptors (Lipinski definition) is 10. The Morgan fingerprint density at radius 1 is 1.04 bits per heavy atom. The predicted octanol–water partition coefficient (Wildman–Crippen LogP) is 5.30. The molecule has 1 aliphatic carbocycles. The van der Waals surface area contributed by atoms with E-state index in [4.69, 9.17) is 9.97 Å². The zero-order valence-electron chi connectivity index (χ0n) is 26.1. The number of nitrogens with zero attached hydrogens (tertiary/aromatic N) is 9. The SMILES string of the molecule is Cn1cc(-c2ccc(N(C(=O)NCc3ccccc3)C3CCC(Nc4ncc(C#N)c(N5CCc6ncsc6C5)n4)CC3)nc2)cn1. The molecule has 1 aliphatic heterocycles. The lowest BCUT2D eigenvalue weighted by Crippen LogP contribution is -2.49. The first-order valence-electron chi connectivity index (χ1n) is 15.8. The molecule has 5 aromatic rings. The molecule has 0 saturated heterocycles. The molecule has 0 spiro atoms. The van der Waals surface area contributed by atoms with E-state index < -0.39 is 0 Å². The van der Waals surface area contributed by atoms with Crippen LogP contribution in [-0.2, 0) is 26.6 Å². The number of amides is 2. The van der Waals surface area contributed by atoms with Crippen molar-refractivity contribution < 1.29 is 4.79 Å². The first kappa shape index (κ1) is 30.3. The molecule has 12 nitrogen and oxygen atoms in total. The van der Waals surface area contributed by atoms with Crippen molar-refractivity contribution in [3.63, 3.8) is 0 Å². The smallest absolute Gasteiger partial charge is 0.323 e. The Bertz CT molecular complexity index is 1870. The molecule has 7 rings (SSSR count). The quantitative estimate of drug-likeness (QED) is 0.230. The third-order valence-corrected chi connectivity index (χ3v) is 9.66.